The van der Waals surface area contributed by atoms with Gasteiger partial charge in [0.2, 0.25) is 8.32 Å². The average Bonchev–Trinajstić information content (AvgIpc) is 2.47. The van der Waals surface area contributed by atoms with E-state index in [0.717, 1.165) is 11.3 Å². The van der Waals surface area contributed by atoms with Crippen LogP contribution in [-0.2, 0) is 14.3 Å². The molecule has 0 aliphatic carbocycles. The zero-order valence-corrected chi connectivity index (χ0v) is 16.2. The van der Waals surface area contributed by atoms with Crippen molar-refractivity contribution in [3.05, 3.63) is 29.8 Å². The van der Waals surface area contributed by atoms with Crippen LogP contribution in [-0.4, -0.2) is 34.5 Å². The summed E-state index contributed by atoms with van der Waals surface area (Å²) in [6, 6.07) is 6.67. The molecule has 0 fully saturated rings. The number of nitrogens with two attached hydrogens (primary N) is 1. The molecule has 0 unspecified atom stereocenters. The monoisotopic (exact) mass is 339 g/mol. The van der Waals surface area contributed by atoms with Gasteiger partial charge < -0.3 is 19.6 Å². The van der Waals surface area contributed by atoms with E-state index in [1.807, 2.05) is 24.3 Å². The number of hydrogen-bond acceptors (Lipinski definition) is 5. The Labute approximate surface area is 140 Å². The summed E-state index contributed by atoms with van der Waals surface area (Å²) < 4.78 is 16.3. The Morgan fingerprint density at radius 3 is 2.04 bits per heavy atom. The third-order valence-electron chi connectivity index (χ3n) is 4.44. The average molecular weight is 340 g/mol. The second-order valence-electron chi connectivity index (χ2n) is 7.14. The van der Waals surface area contributed by atoms with Crippen LogP contribution in [0.15, 0.2) is 24.3 Å². The fourth-order valence-electron chi connectivity index (χ4n) is 1.92. The molecule has 5 nitrogen and oxygen atoms in total. The van der Waals surface area contributed by atoms with Gasteiger partial charge in [-0.25, -0.2) is 0 Å². The summed E-state index contributed by atoms with van der Waals surface area (Å²) >= 11 is 0. The number of ether oxygens (including phenoxy) is 2. The molecular weight excluding hydrogens is 310 g/mol. The lowest BCUT2D eigenvalue weighted by atomic mass is 10.0. The smallest absolute Gasteiger partial charge is 0.325 e. The van der Waals surface area contributed by atoms with Crippen LogP contribution < -0.4 is 10.2 Å². The van der Waals surface area contributed by atoms with Crippen LogP contribution in [0.25, 0.3) is 0 Å². The van der Waals surface area contributed by atoms with E-state index >= 15 is 0 Å². The minimum absolute atomic E-state index is 0.133. The number of carbonyl (C=O) groups excluding carboxylic acids is 1. The van der Waals surface area contributed by atoms with Crippen molar-refractivity contribution in [2.45, 2.75) is 51.0 Å². The van der Waals surface area contributed by atoms with Crippen molar-refractivity contribution in [1.82, 2.24) is 0 Å². The summed E-state index contributed by atoms with van der Waals surface area (Å²) in [4.78, 5) is 11.6. The summed E-state index contributed by atoms with van der Waals surface area (Å²) in [5.41, 5.74) is 6.70. The molecule has 1 rings (SSSR count). The first kappa shape index (κ1) is 19.7. The Morgan fingerprint density at radius 1 is 1.13 bits per heavy atom. The molecule has 0 aliphatic heterocycles. The van der Waals surface area contributed by atoms with Gasteiger partial charge in [-0.15, -0.1) is 0 Å². The van der Waals surface area contributed by atoms with E-state index in [0.29, 0.717) is 0 Å². The van der Waals surface area contributed by atoms with Gasteiger partial charge in [-0.1, -0.05) is 32.9 Å². The second kappa shape index (κ2) is 7.46. The van der Waals surface area contributed by atoms with Crippen LogP contribution in [0.5, 0.6) is 5.75 Å². The highest BCUT2D eigenvalue weighted by Crippen LogP contribution is 2.37. The highest BCUT2D eigenvalue weighted by molar-refractivity contribution is 6.74. The zero-order chi connectivity index (χ0) is 17.8. The highest BCUT2D eigenvalue weighted by atomic mass is 28.4. The molecule has 0 aliphatic rings. The summed E-state index contributed by atoms with van der Waals surface area (Å²) in [7, 11) is 0.958. The number of benzene rings is 1. The van der Waals surface area contributed by atoms with Crippen LogP contribution >= 0.6 is 0 Å². The van der Waals surface area contributed by atoms with Crippen molar-refractivity contribution in [2.75, 3.05) is 14.2 Å². The minimum Gasteiger partial charge on any atom is -0.544 e. The van der Waals surface area contributed by atoms with Crippen molar-refractivity contribution >= 4 is 14.3 Å². The third kappa shape index (κ3) is 4.80. The van der Waals surface area contributed by atoms with E-state index in [2.05, 4.69) is 38.6 Å². The molecule has 1 aromatic carbocycles. The maximum Gasteiger partial charge on any atom is 0.325 e. The Bertz CT molecular complexity index is 522. The van der Waals surface area contributed by atoms with Crippen molar-refractivity contribution in [2.24, 2.45) is 5.73 Å². The van der Waals surface area contributed by atoms with Gasteiger partial charge in [-0.2, -0.15) is 0 Å². The lowest BCUT2D eigenvalue weighted by Gasteiger charge is -2.36. The summed E-state index contributed by atoms with van der Waals surface area (Å²) in [6.07, 6.45) is -0.552. The van der Waals surface area contributed by atoms with Crippen molar-refractivity contribution in [3.63, 3.8) is 0 Å². The van der Waals surface area contributed by atoms with Gasteiger partial charge in [-0.05, 0) is 35.8 Å². The van der Waals surface area contributed by atoms with E-state index in [1.54, 1.807) is 0 Å². The summed E-state index contributed by atoms with van der Waals surface area (Å²) in [5, 5.41) is 0.133. The predicted molar refractivity (Wildman–Crippen MR) is 94.0 cm³/mol. The van der Waals surface area contributed by atoms with Gasteiger partial charge in [0.25, 0.3) is 0 Å². The van der Waals surface area contributed by atoms with E-state index < -0.39 is 26.4 Å². The van der Waals surface area contributed by atoms with E-state index in [-0.39, 0.29) is 5.04 Å². The van der Waals surface area contributed by atoms with Crippen LogP contribution in [0.1, 0.15) is 32.4 Å². The molecule has 130 valence electrons. The van der Waals surface area contributed by atoms with Crippen LogP contribution in [0.3, 0.4) is 0 Å². The van der Waals surface area contributed by atoms with Gasteiger partial charge in [0.15, 0.2) is 0 Å². The Balaban J connectivity index is 2.93. The Kier molecular flexibility index (Phi) is 6.38. The van der Waals surface area contributed by atoms with E-state index in [9.17, 15) is 4.79 Å². The SMILES string of the molecule is COC(=O)[C@H](N)[C@H](OC)c1ccc(O[Si](C)(C)C(C)(C)C)cc1. The number of esters is 1. The minimum atomic E-state index is -1.87. The van der Waals surface area contributed by atoms with Gasteiger partial charge >= 0.3 is 5.97 Å². The van der Waals surface area contributed by atoms with Crippen molar-refractivity contribution in [3.8, 4) is 5.75 Å². The molecule has 0 amide bonds. The molecular formula is C17H29NO4Si. The molecule has 0 bridgehead atoms. The van der Waals surface area contributed by atoms with Crippen LogP contribution in [0, 0.1) is 0 Å². The molecule has 1 aromatic rings. The highest BCUT2D eigenvalue weighted by Gasteiger charge is 2.39. The lowest BCUT2D eigenvalue weighted by Crippen LogP contribution is -2.43. The van der Waals surface area contributed by atoms with Crippen molar-refractivity contribution < 1.29 is 18.7 Å². The number of methoxy groups -OCH3 is 2. The molecule has 0 radical (unpaired) electrons. The number of rotatable bonds is 6. The first-order chi connectivity index (χ1) is 10.5. The largest absolute Gasteiger partial charge is 0.544 e. The molecule has 0 spiro atoms. The van der Waals surface area contributed by atoms with Gasteiger partial charge in [0, 0.05) is 7.11 Å². The Morgan fingerprint density at radius 2 is 1.65 bits per heavy atom. The lowest BCUT2D eigenvalue weighted by molar-refractivity contribution is -0.145. The molecule has 0 heterocycles. The molecule has 23 heavy (non-hydrogen) atoms. The van der Waals surface area contributed by atoms with E-state index in [1.165, 1.54) is 14.2 Å². The fraction of sp³-hybridized carbons (Fsp3) is 0.588. The number of hydrogen-bond donors (Lipinski definition) is 1. The standard InChI is InChI=1S/C17H29NO4Si/c1-17(2,3)23(6,7)22-13-10-8-12(9-11-13)15(20-4)14(18)16(19)21-5/h8-11,14-15H,18H2,1-7H3/t14-,15-/m1/s1. The maximum atomic E-state index is 11.6. The maximum absolute atomic E-state index is 11.6. The molecule has 2 N–H and O–H groups in total. The van der Waals surface area contributed by atoms with E-state index in [4.69, 9.17) is 14.9 Å². The van der Waals surface area contributed by atoms with Gasteiger partial charge in [0.1, 0.15) is 17.9 Å². The zero-order valence-electron chi connectivity index (χ0n) is 15.2. The topological polar surface area (TPSA) is 70.8 Å². The second-order valence-corrected chi connectivity index (χ2v) is 11.9. The van der Waals surface area contributed by atoms with Gasteiger partial charge in [0.05, 0.1) is 7.11 Å². The fourth-order valence-corrected chi connectivity index (χ4v) is 2.95. The molecule has 0 aromatic heterocycles. The quantitative estimate of drug-likeness (QED) is 0.636. The molecule has 0 saturated carbocycles. The third-order valence-corrected chi connectivity index (χ3v) is 8.80. The Hall–Kier alpha value is -1.37. The summed E-state index contributed by atoms with van der Waals surface area (Å²) in [5.74, 6) is 0.320. The first-order valence-corrected chi connectivity index (χ1v) is 10.6. The van der Waals surface area contributed by atoms with Crippen LogP contribution in [0.2, 0.25) is 18.1 Å². The van der Waals surface area contributed by atoms with Crippen molar-refractivity contribution in [1.29, 1.82) is 0 Å². The predicted octanol–water partition coefficient (Wildman–Crippen LogP) is 3.26. The van der Waals surface area contributed by atoms with Gasteiger partial charge in [-0.3, -0.25) is 4.79 Å². The normalized spacial score (nSPS) is 15.0. The number of carbonyl (C=O) groups is 1. The first-order valence-electron chi connectivity index (χ1n) is 7.68. The van der Waals surface area contributed by atoms with Crippen LogP contribution in [0.4, 0.5) is 0 Å². The summed E-state index contributed by atoms with van der Waals surface area (Å²) in [6.45, 7) is 11.0. The molecule has 2 atom stereocenters. The molecule has 0 saturated heterocycles. The molecule has 6 heteroatoms.